The average Bonchev–Trinajstić information content (AvgIpc) is 2.99. The van der Waals surface area contributed by atoms with E-state index in [1.807, 2.05) is 55.5 Å². The van der Waals surface area contributed by atoms with Gasteiger partial charge in [-0.25, -0.2) is 4.68 Å². The van der Waals surface area contributed by atoms with Crippen LogP contribution in [0.1, 0.15) is 11.3 Å². The lowest BCUT2D eigenvalue weighted by Crippen LogP contribution is -2.00. The zero-order chi connectivity index (χ0) is 15.5. The molecule has 3 aromatic rings. The highest BCUT2D eigenvalue weighted by molar-refractivity contribution is 5.67. The maximum Gasteiger partial charge on any atom is 0.191 e. The van der Waals surface area contributed by atoms with Gasteiger partial charge in [0.05, 0.1) is 12.8 Å². The molecule has 0 N–H and O–H groups in total. The second kappa shape index (κ2) is 5.70. The maximum absolute atomic E-state index is 9.32. The van der Waals surface area contributed by atoms with Gasteiger partial charge in [0.15, 0.2) is 5.69 Å². The zero-order valence-corrected chi connectivity index (χ0v) is 12.3. The van der Waals surface area contributed by atoms with Crippen LogP contribution >= 0.6 is 0 Å². The van der Waals surface area contributed by atoms with Crippen molar-refractivity contribution in [3.63, 3.8) is 0 Å². The Hall–Kier alpha value is -3.13. The predicted octanol–water partition coefficient (Wildman–Crippen LogP) is 3.12. The minimum Gasteiger partial charge on any atom is -0.497 e. The highest BCUT2D eigenvalue weighted by Gasteiger charge is 2.16. The van der Waals surface area contributed by atoms with Gasteiger partial charge in [-0.3, -0.25) is 0 Å². The molecule has 0 saturated carbocycles. The molecule has 0 aliphatic carbocycles. The lowest BCUT2D eigenvalue weighted by atomic mass is 10.1. The van der Waals surface area contributed by atoms with Gasteiger partial charge in [0.1, 0.15) is 17.5 Å². The smallest absolute Gasteiger partial charge is 0.191 e. The summed E-state index contributed by atoms with van der Waals surface area (Å²) in [5.74, 6) is 0.724. The van der Waals surface area contributed by atoms with E-state index in [2.05, 4.69) is 16.4 Å². The van der Waals surface area contributed by atoms with Crippen molar-refractivity contribution >= 4 is 0 Å². The van der Waals surface area contributed by atoms with Crippen LogP contribution in [0.15, 0.2) is 48.5 Å². The molecular weight excluding hydrogens is 276 g/mol. The second-order valence-electron chi connectivity index (χ2n) is 4.88. The van der Waals surface area contributed by atoms with Crippen molar-refractivity contribution in [3.8, 4) is 28.8 Å². The van der Waals surface area contributed by atoms with Gasteiger partial charge in [0.25, 0.3) is 0 Å². The van der Waals surface area contributed by atoms with Gasteiger partial charge in [-0.1, -0.05) is 35.0 Å². The minimum absolute atomic E-state index is 0.299. The van der Waals surface area contributed by atoms with Crippen molar-refractivity contribution in [1.29, 1.82) is 5.26 Å². The third-order valence-corrected chi connectivity index (χ3v) is 3.37. The highest BCUT2D eigenvalue weighted by Crippen LogP contribution is 2.26. The lowest BCUT2D eigenvalue weighted by Gasteiger charge is -2.08. The molecule has 5 nitrogen and oxygen atoms in total. The summed E-state index contributed by atoms with van der Waals surface area (Å²) in [5, 5.41) is 17.4. The summed E-state index contributed by atoms with van der Waals surface area (Å²) >= 11 is 0. The fourth-order valence-corrected chi connectivity index (χ4v) is 2.33. The third-order valence-electron chi connectivity index (χ3n) is 3.37. The Labute approximate surface area is 128 Å². The van der Waals surface area contributed by atoms with Gasteiger partial charge in [-0.2, -0.15) is 5.26 Å². The largest absolute Gasteiger partial charge is 0.497 e. The van der Waals surface area contributed by atoms with Gasteiger partial charge in [-0.15, -0.1) is 5.10 Å². The van der Waals surface area contributed by atoms with Crippen LogP contribution in [-0.2, 0) is 0 Å². The van der Waals surface area contributed by atoms with Crippen LogP contribution in [0.4, 0.5) is 0 Å². The molecule has 3 rings (SSSR count). The van der Waals surface area contributed by atoms with Crippen molar-refractivity contribution in [2.75, 3.05) is 7.11 Å². The van der Waals surface area contributed by atoms with E-state index in [1.54, 1.807) is 11.8 Å². The Morgan fingerprint density at radius 3 is 2.68 bits per heavy atom. The van der Waals surface area contributed by atoms with E-state index in [0.29, 0.717) is 11.4 Å². The van der Waals surface area contributed by atoms with Crippen molar-refractivity contribution < 1.29 is 4.74 Å². The molecule has 22 heavy (non-hydrogen) atoms. The Morgan fingerprint density at radius 2 is 1.95 bits per heavy atom. The summed E-state index contributed by atoms with van der Waals surface area (Å²) in [4.78, 5) is 0. The van der Waals surface area contributed by atoms with Gasteiger partial charge in [-0.05, 0) is 25.1 Å². The number of ether oxygens (including phenoxy) is 1. The van der Waals surface area contributed by atoms with Crippen LogP contribution in [0.3, 0.4) is 0 Å². The summed E-state index contributed by atoms with van der Waals surface area (Å²) < 4.78 is 6.91. The van der Waals surface area contributed by atoms with Crippen molar-refractivity contribution in [2.45, 2.75) is 6.92 Å². The summed E-state index contributed by atoms with van der Waals surface area (Å²) in [6.07, 6.45) is 0. The molecule has 0 radical (unpaired) electrons. The average molecular weight is 290 g/mol. The molecule has 1 heterocycles. The van der Waals surface area contributed by atoms with Gasteiger partial charge < -0.3 is 4.74 Å². The van der Waals surface area contributed by atoms with E-state index in [-0.39, 0.29) is 0 Å². The molecule has 0 atom stereocenters. The molecule has 0 saturated heterocycles. The Balaban J connectivity index is 2.21. The van der Waals surface area contributed by atoms with Crippen molar-refractivity contribution in [2.24, 2.45) is 0 Å². The van der Waals surface area contributed by atoms with Gasteiger partial charge in [0, 0.05) is 11.6 Å². The van der Waals surface area contributed by atoms with Crippen LogP contribution in [0, 0.1) is 18.3 Å². The highest BCUT2D eigenvalue weighted by atomic mass is 16.5. The number of aromatic nitrogens is 3. The Kier molecular flexibility index (Phi) is 3.58. The number of rotatable bonds is 3. The number of aryl methyl sites for hydroxylation is 1. The first-order valence-electron chi connectivity index (χ1n) is 6.80. The number of nitriles is 1. The zero-order valence-electron chi connectivity index (χ0n) is 12.3. The monoisotopic (exact) mass is 290 g/mol. The molecule has 0 amide bonds. The molecule has 108 valence electrons. The standard InChI is InChI=1S/C17H14N4O/c1-12-5-3-6-13(9-12)17-16(11-18)19-20-21(17)14-7-4-8-15(10-14)22-2/h3-10H,1-2H3. The molecule has 0 spiro atoms. The van der Waals surface area contributed by atoms with Crippen LogP contribution in [-0.4, -0.2) is 22.1 Å². The summed E-state index contributed by atoms with van der Waals surface area (Å²) in [6.45, 7) is 2.01. The van der Waals surface area contributed by atoms with Gasteiger partial charge in [0.2, 0.25) is 0 Å². The van der Waals surface area contributed by atoms with Crippen LogP contribution in [0.25, 0.3) is 16.9 Å². The van der Waals surface area contributed by atoms with Gasteiger partial charge >= 0.3 is 0 Å². The molecule has 5 heteroatoms. The van der Waals surface area contributed by atoms with Crippen LogP contribution in [0.2, 0.25) is 0 Å². The van der Waals surface area contributed by atoms with E-state index >= 15 is 0 Å². The predicted molar refractivity (Wildman–Crippen MR) is 82.8 cm³/mol. The van der Waals surface area contributed by atoms with Crippen LogP contribution in [0.5, 0.6) is 5.75 Å². The van der Waals surface area contributed by atoms with Crippen molar-refractivity contribution in [3.05, 3.63) is 59.8 Å². The lowest BCUT2D eigenvalue weighted by molar-refractivity contribution is 0.414. The molecule has 0 unspecified atom stereocenters. The number of benzene rings is 2. The molecule has 0 aliphatic rings. The molecular formula is C17H14N4O. The summed E-state index contributed by atoms with van der Waals surface area (Å²) in [5.41, 5.74) is 3.79. The second-order valence-corrected chi connectivity index (χ2v) is 4.88. The van der Waals surface area contributed by atoms with E-state index in [0.717, 1.165) is 22.6 Å². The maximum atomic E-state index is 9.32. The molecule has 0 bridgehead atoms. The number of hydrogen-bond donors (Lipinski definition) is 0. The first-order chi connectivity index (χ1) is 10.7. The quantitative estimate of drug-likeness (QED) is 0.743. The molecule has 2 aromatic carbocycles. The SMILES string of the molecule is COc1cccc(-n2nnc(C#N)c2-c2cccc(C)c2)c1. The summed E-state index contributed by atoms with van der Waals surface area (Å²) in [6, 6.07) is 17.5. The van der Waals surface area contributed by atoms with E-state index in [9.17, 15) is 5.26 Å². The minimum atomic E-state index is 0.299. The van der Waals surface area contributed by atoms with E-state index < -0.39 is 0 Å². The first-order valence-corrected chi connectivity index (χ1v) is 6.80. The van der Waals surface area contributed by atoms with Crippen molar-refractivity contribution in [1.82, 2.24) is 15.0 Å². The molecule has 0 fully saturated rings. The fraction of sp³-hybridized carbons (Fsp3) is 0.118. The fourth-order valence-electron chi connectivity index (χ4n) is 2.33. The number of hydrogen-bond acceptors (Lipinski definition) is 4. The van der Waals surface area contributed by atoms with Crippen LogP contribution < -0.4 is 4.74 Å². The Morgan fingerprint density at radius 1 is 1.14 bits per heavy atom. The Bertz CT molecular complexity index is 861. The first kappa shape index (κ1) is 13.8. The van der Waals surface area contributed by atoms with E-state index in [1.165, 1.54) is 0 Å². The van der Waals surface area contributed by atoms with E-state index in [4.69, 9.17) is 4.74 Å². The molecule has 1 aromatic heterocycles. The normalized spacial score (nSPS) is 10.2. The molecule has 0 aliphatic heterocycles. The summed E-state index contributed by atoms with van der Waals surface area (Å²) in [7, 11) is 1.61. The number of nitrogens with zero attached hydrogens (tertiary/aromatic N) is 4. The topological polar surface area (TPSA) is 63.7 Å². The third kappa shape index (κ3) is 2.42. The number of methoxy groups -OCH3 is 1.